The number of pyridine rings is 4. The van der Waals surface area contributed by atoms with Crippen LogP contribution in [0.5, 0.6) is 0 Å². The number of H-pyrrole nitrogens is 1. The fourth-order valence-corrected chi connectivity index (χ4v) is 5.61. The van der Waals surface area contributed by atoms with Crippen molar-refractivity contribution in [3.05, 3.63) is 135 Å². The predicted molar refractivity (Wildman–Crippen MR) is 174 cm³/mol. The van der Waals surface area contributed by atoms with Crippen molar-refractivity contribution in [1.29, 1.82) is 0 Å². The van der Waals surface area contributed by atoms with Crippen LogP contribution in [-0.4, -0.2) is 42.5 Å². The lowest BCUT2D eigenvalue weighted by Crippen LogP contribution is -2.31. The first-order chi connectivity index (χ1) is 22.4. The number of carbonyl (C=O) groups is 2. The van der Waals surface area contributed by atoms with Crippen molar-refractivity contribution < 1.29 is 14.7 Å². The molecule has 2 aliphatic carbocycles. The van der Waals surface area contributed by atoms with Gasteiger partial charge in [0.1, 0.15) is 16.9 Å². The second-order valence-corrected chi connectivity index (χ2v) is 11.6. The zero-order valence-corrected chi connectivity index (χ0v) is 24.6. The SMILES string of the molecule is O=C(NC1CC1)c1cn(-c2cccc(-c3cccc([C@@H]4C[C@H]4C(=O)O)c3)c2)c2ncccc2c1=O.O=c1ccc2cccnc2[nH]1. The Labute approximate surface area is 262 Å². The summed E-state index contributed by atoms with van der Waals surface area (Å²) in [7, 11) is 0. The monoisotopic (exact) mass is 611 g/mol. The van der Waals surface area contributed by atoms with Crippen molar-refractivity contribution in [2.24, 2.45) is 5.92 Å². The molecular formula is C36H29N5O5. The van der Waals surface area contributed by atoms with Gasteiger partial charge < -0.3 is 20.0 Å². The summed E-state index contributed by atoms with van der Waals surface area (Å²) in [6.07, 6.45) is 7.39. The van der Waals surface area contributed by atoms with Gasteiger partial charge in [0.25, 0.3) is 5.91 Å². The van der Waals surface area contributed by atoms with E-state index in [1.807, 2.05) is 60.7 Å². The molecule has 3 N–H and O–H groups in total. The number of fused-ring (bicyclic) bond motifs is 2. The lowest BCUT2D eigenvalue weighted by Gasteiger charge is -2.14. The van der Waals surface area contributed by atoms with E-state index in [-0.39, 0.29) is 40.3 Å². The van der Waals surface area contributed by atoms with Crippen LogP contribution < -0.4 is 16.3 Å². The third-order valence-electron chi connectivity index (χ3n) is 8.29. The van der Waals surface area contributed by atoms with E-state index in [2.05, 4.69) is 20.3 Å². The highest BCUT2D eigenvalue weighted by atomic mass is 16.4. The average molecular weight is 612 g/mol. The molecule has 0 aliphatic heterocycles. The molecule has 6 aromatic rings. The van der Waals surface area contributed by atoms with Gasteiger partial charge in [0.05, 0.1) is 11.3 Å². The van der Waals surface area contributed by atoms with Crippen molar-refractivity contribution in [2.75, 3.05) is 0 Å². The Balaban J connectivity index is 0.000000259. The number of rotatable bonds is 6. The fraction of sp³-hybridized carbons (Fsp3) is 0.167. The minimum absolute atomic E-state index is 0.0512. The van der Waals surface area contributed by atoms with E-state index in [0.29, 0.717) is 23.1 Å². The van der Waals surface area contributed by atoms with Gasteiger partial charge in [-0.3, -0.25) is 19.2 Å². The van der Waals surface area contributed by atoms with E-state index in [1.165, 1.54) is 6.07 Å². The summed E-state index contributed by atoms with van der Waals surface area (Å²) in [4.78, 5) is 59.0. The zero-order chi connectivity index (χ0) is 31.8. The Kier molecular flexibility index (Phi) is 7.45. The summed E-state index contributed by atoms with van der Waals surface area (Å²) in [5.74, 6) is -1.37. The van der Waals surface area contributed by atoms with E-state index in [0.717, 1.165) is 40.6 Å². The van der Waals surface area contributed by atoms with Gasteiger partial charge in [0, 0.05) is 41.8 Å². The Bertz CT molecular complexity index is 2250. The van der Waals surface area contributed by atoms with Gasteiger partial charge in [-0.25, -0.2) is 9.97 Å². The molecule has 46 heavy (non-hydrogen) atoms. The molecule has 2 saturated carbocycles. The molecule has 8 rings (SSSR count). The van der Waals surface area contributed by atoms with Crippen LogP contribution in [0.25, 0.3) is 38.9 Å². The second kappa shape index (κ2) is 11.9. The van der Waals surface area contributed by atoms with Crippen LogP contribution in [0.3, 0.4) is 0 Å². The Morgan fingerprint density at radius 1 is 0.870 bits per heavy atom. The van der Waals surface area contributed by atoms with Crippen molar-refractivity contribution in [3.63, 3.8) is 0 Å². The lowest BCUT2D eigenvalue weighted by atomic mass is 10.00. The van der Waals surface area contributed by atoms with Crippen LogP contribution in [0, 0.1) is 5.92 Å². The largest absolute Gasteiger partial charge is 0.481 e. The first kappa shape index (κ1) is 28.8. The van der Waals surface area contributed by atoms with Gasteiger partial charge in [0.15, 0.2) is 0 Å². The molecule has 2 fully saturated rings. The van der Waals surface area contributed by atoms with Crippen LogP contribution in [-0.2, 0) is 4.79 Å². The molecule has 0 radical (unpaired) electrons. The second-order valence-electron chi connectivity index (χ2n) is 11.6. The number of hydrogen-bond acceptors (Lipinski definition) is 6. The summed E-state index contributed by atoms with van der Waals surface area (Å²) in [5, 5.41) is 13.5. The quantitative estimate of drug-likeness (QED) is 0.239. The molecule has 0 spiro atoms. The number of carboxylic acid groups (broad SMARTS) is 1. The summed E-state index contributed by atoms with van der Waals surface area (Å²) in [6.45, 7) is 0. The van der Waals surface area contributed by atoms with Gasteiger partial charge in [-0.1, -0.05) is 36.4 Å². The predicted octanol–water partition coefficient (Wildman–Crippen LogP) is 5.06. The van der Waals surface area contributed by atoms with Crippen molar-refractivity contribution >= 4 is 33.9 Å². The van der Waals surface area contributed by atoms with E-state index in [9.17, 15) is 24.3 Å². The normalized spacial score (nSPS) is 16.8. The van der Waals surface area contributed by atoms with Gasteiger partial charge in [-0.2, -0.15) is 0 Å². The topological polar surface area (TPSA) is 147 Å². The highest BCUT2D eigenvalue weighted by Gasteiger charge is 2.44. The number of aromatic amines is 1. The van der Waals surface area contributed by atoms with Gasteiger partial charge in [-0.05, 0) is 84.3 Å². The van der Waals surface area contributed by atoms with Crippen LogP contribution in [0.2, 0.25) is 0 Å². The number of nitrogens with zero attached hydrogens (tertiary/aromatic N) is 3. The molecule has 4 aromatic heterocycles. The number of amides is 1. The fourth-order valence-electron chi connectivity index (χ4n) is 5.61. The number of nitrogens with one attached hydrogen (secondary N) is 2. The first-order valence-corrected chi connectivity index (χ1v) is 15.0. The van der Waals surface area contributed by atoms with Gasteiger partial charge in [-0.15, -0.1) is 0 Å². The standard InChI is InChI=1S/C28H23N3O4.C8H6N2O/c32-25-21-8-3-11-29-26(21)31(15-24(25)27(33)30-19-9-10-19)20-7-2-5-17(13-20)16-4-1-6-18(12-16)22-14-23(22)28(34)35;11-7-4-3-6-2-1-5-9-8(6)10-7/h1-8,11-13,15,19,22-23H,9-10,14H2,(H,30,33)(H,34,35);1-5H,(H,9,10,11)/t22-,23+;/m0./s1. The molecule has 10 nitrogen and oxygen atoms in total. The molecule has 4 heterocycles. The van der Waals surface area contributed by atoms with Crippen molar-refractivity contribution in [3.8, 4) is 16.8 Å². The maximum atomic E-state index is 13.1. The number of carboxylic acids is 1. The molecule has 0 bridgehead atoms. The highest BCUT2D eigenvalue weighted by Crippen LogP contribution is 2.48. The molecule has 0 saturated heterocycles. The molecule has 2 aromatic carbocycles. The molecule has 1 amide bonds. The highest BCUT2D eigenvalue weighted by molar-refractivity contribution is 5.97. The Morgan fingerprint density at radius 2 is 1.63 bits per heavy atom. The Hall–Kier alpha value is -5.90. The van der Waals surface area contributed by atoms with Gasteiger partial charge in [0.2, 0.25) is 11.0 Å². The summed E-state index contributed by atoms with van der Waals surface area (Å²) in [6, 6.07) is 26.3. The summed E-state index contributed by atoms with van der Waals surface area (Å²) in [5.41, 5.74) is 4.49. The molecule has 2 aliphatic rings. The van der Waals surface area contributed by atoms with Crippen LogP contribution >= 0.6 is 0 Å². The summed E-state index contributed by atoms with van der Waals surface area (Å²) >= 11 is 0. The maximum absolute atomic E-state index is 13.1. The number of aliphatic carboxylic acids is 1. The van der Waals surface area contributed by atoms with Crippen molar-refractivity contribution in [2.45, 2.75) is 31.2 Å². The lowest BCUT2D eigenvalue weighted by molar-refractivity contribution is -0.138. The van der Waals surface area contributed by atoms with Gasteiger partial charge >= 0.3 is 5.97 Å². The number of hydrogen-bond donors (Lipinski definition) is 3. The minimum atomic E-state index is -0.749. The minimum Gasteiger partial charge on any atom is -0.481 e. The summed E-state index contributed by atoms with van der Waals surface area (Å²) < 4.78 is 1.78. The van der Waals surface area contributed by atoms with E-state index < -0.39 is 5.97 Å². The number of benzene rings is 2. The molecular weight excluding hydrogens is 582 g/mol. The van der Waals surface area contributed by atoms with E-state index >= 15 is 0 Å². The molecule has 10 heteroatoms. The Morgan fingerprint density at radius 3 is 2.41 bits per heavy atom. The van der Waals surface area contributed by atoms with E-state index in [1.54, 1.807) is 41.4 Å². The van der Waals surface area contributed by atoms with Crippen molar-refractivity contribution in [1.82, 2.24) is 24.8 Å². The molecule has 2 atom stereocenters. The number of carbonyl (C=O) groups excluding carboxylic acids is 1. The third kappa shape index (κ3) is 5.92. The molecule has 228 valence electrons. The third-order valence-corrected chi connectivity index (χ3v) is 8.29. The number of aromatic nitrogens is 4. The average Bonchev–Trinajstić information content (AvgIpc) is 4.02. The maximum Gasteiger partial charge on any atom is 0.307 e. The molecule has 0 unspecified atom stereocenters. The van der Waals surface area contributed by atoms with Crippen LogP contribution in [0.4, 0.5) is 0 Å². The van der Waals surface area contributed by atoms with Crippen LogP contribution in [0.15, 0.2) is 113 Å². The first-order valence-electron chi connectivity index (χ1n) is 15.0. The van der Waals surface area contributed by atoms with Crippen LogP contribution in [0.1, 0.15) is 41.1 Å². The van der Waals surface area contributed by atoms with E-state index in [4.69, 9.17) is 0 Å². The zero-order valence-electron chi connectivity index (χ0n) is 24.6. The smallest absolute Gasteiger partial charge is 0.307 e.